The summed E-state index contributed by atoms with van der Waals surface area (Å²) < 4.78 is 40.3. The quantitative estimate of drug-likeness (QED) is 0.933. The molecule has 0 unspecified atom stereocenters. The Kier molecular flexibility index (Phi) is 4.08. The monoisotopic (exact) mass is 334 g/mol. The number of nitrogens with one attached hydrogen (secondary N) is 1. The minimum atomic E-state index is -4.44. The Morgan fingerprint density at radius 3 is 2.79 bits per heavy atom. The molecule has 0 radical (unpaired) electrons. The van der Waals surface area contributed by atoms with Crippen LogP contribution in [-0.4, -0.2) is 21.3 Å². The van der Waals surface area contributed by atoms with Gasteiger partial charge in [0.2, 0.25) is 0 Å². The first-order chi connectivity index (χ1) is 8.97. The molecule has 0 aliphatic heterocycles. The summed E-state index contributed by atoms with van der Waals surface area (Å²) in [7, 11) is 0. The lowest BCUT2D eigenvalue weighted by molar-refractivity contribution is -0.137. The van der Waals surface area contributed by atoms with Crippen LogP contribution in [0.5, 0.6) is 0 Å². The van der Waals surface area contributed by atoms with Gasteiger partial charge >= 0.3 is 6.18 Å². The predicted octanol–water partition coefficient (Wildman–Crippen LogP) is 3.17. The number of rotatable bonds is 4. The van der Waals surface area contributed by atoms with Crippen LogP contribution in [0.15, 0.2) is 35.2 Å². The largest absolute Gasteiger partial charge is 0.419 e. The van der Waals surface area contributed by atoms with Gasteiger partial charge in [0.1, 0.15) is 5.82 Å². The molecule has 0 aromatic carbocycles. The summed E-state index contributed by atoms with van der Waals surface area (Å²) in [5.74, 6) is -0.178. The van der Waals surface area contributed by atoms with Crippen LogP contribution in [0.25, 0.3) is 0 Å². The fourth-order valence-corrected chi connectivity index (χ4v) is 1.85. The fourth-order valence-electron chi connectivity index (χ4n) is 1.52. The molecule has 0 aliphatic rings. The zero-order valence-electron chi connectivity index (χ0n) is 9.65. The molecule has 2 heterocycles. The van der Waals surface area contributed by atoms with Crippen molar-refractivity contribution in [2.45, 2.75) is 12.7 Å². The van der Waals surface area contributed by atoms with Gasteiger partial charge in [-0.05, 0) is 28.1 Å². The molecule has 0 atom stereocenters. The summed E-state index contributed by atoms with van der Waals surface area (Å²) in [5, 5.41) is 6.63. The number of hydrogen-bond donors (Lipinski definition) is 1. The fraction of sp³-hybridized carbons (Fsp3) is 0.273. The first-order valence-electron chi connectivity index (χ1n) is 5.41. The van der Waals surface area contributed by atoms with Crippen LogP contribution in [0.3, 0.4) is 0 Å². The Morgan fingerprint density at radius 1 is 1.37 bits per heavy atom. The number of pyridine rings is 1. The number of alkyl halides is 3. The highest BCUT2D eigenvalue weighted by molar-refractivity contribution is 9.10. The number of nitrogens with zero attached hydrogens (tertiary/aromatic N) is 3. The lowest BCUT2D eigenvalue weighted by Gasteiger charge is -2.13. The molecule has 2 aromatic rings. The third kappa shape index (κ3) is 3.69. The van der Waals surface area contributed by atoms with Crippen molar-refractivity contribution >= 4 is 21.7 Å². The summed E-state index contributed by atoms with van der Waals surface area (Å²) in [4.78, 5) is 3.76. The number of halogens is 4. The van der Waals surface area contributed by atoms with Crippen LogP contribution in [-0.2, 0) is 12.7 Å². The van der Waals surface area contributed by atoms with Crippen LogP contribution in [0, 0.1) is 0 Å². The summed E-state index contributed by atoms with van der Waals surface area (Å²) in [6.07, 6.45) is 0.233. The van der Waals surface area contributed by atoms with E-state index in [9.17, 15) is 13.2 Å². The SMILES string of the molecule is FC(F)(F)c1cc(Br)cnc1NCCn1cccn1. The molecule has 0 aliphatic carbocycles. The van der Waals surface area contributed by atoms with E-state index in [2.05, 4.69) is 31.3 Å². The molecule has 2 rings (SSSR count). The minimum Gasteiger partial charge on any atom is -0.368 e. The average Bonchev–Trinajstić information content (AvgIpc) is 2.83. The number of anilines is 1. The van der Waals surface area contributed by atoms with Crippen LogP contribution < -0.4 is 5.32 Å². The van der Waals surface area contributed by atoms with Crippen LogP contribution >= 0.6 is 15.9 Å². The molecule has 0 saturated carbocycles. The Labute approximate surface area is 115 Å². The van der Waals surface area contributed by atoms with Crippen LogP contribution in [0.1, 0.15) is 5.56 Å². The molecule has 19 heavy (non-hydrogen) atoms. The van der Waals surface area contributed by atoms with Gasteiger partial charge in [-0.25, -0.2) is 4.98 Å². The highest BCUT2D eigenvalue weighted by atomic mass is 79.9. The van der Waals surface area contributed by atoms with Crippen molar-refractivity contribution in [1.29, 1.82) is 0 Å². The van der Waals surface area contributed by atoms with E-state index in [0.29, 0.717) is 13.1 Å². The molecular weight excluding hydrogens is 325 g/mol. The maximum Gasteiger partial charge on any atom is 0.419 e. The van der Waals surface area contributed by atoms with Gasteiger partial charge in [0.15, 0.2) is 0 Å². The standard InChI is InChI=1S/C11H10BrF3N4/c12-8-6-9(11(13,14)15)10(17-7-8)16-3-5-19-4-1-2-18-19/h1-2,4,6-7H,3,5H2,(H,16,17). The molecule has 0 bridgehead atoms. The number of hydrogen-bond acceptors (Lipinski definition) is 3. The van der Waals surface area contributed by atoms with E-state index in [-0.39, 0.29) is 10.3 Å². The van der Waals surface area contributed by atoms with Gasteiger partial charge in [0, 0.05) is 29.6 Å². The molecule has 0 saturated heterocycles. The Hall–Kier alpha value is -1.57. The van der Waals surface area contributed by atoms with E-state index in [1.807, 2.05) is 0 Å². The molecule has 1 N–H and O–H groups in total. The van der Waals surface area contributed by atoms with Crippen molar-refractivity contribution in [2.24, 2.45) is 0 Å². The second kappa shape index (κ2) is 5.60. The van der Waals surface area contributed by atoms with E-state index in [4.69, 9.17) is 0 Å². The van der Waals surface area contributed by atoms with Crippen molar-refractivity contribution < 1.29 is 13.2 Å². The molecule has 0 amide bonds. The van der Waals surface area contributed by atoms with Crippen LogP contribution in [0.2, 0.25) is 0 Å². The van der Waals surface area contributed by atoms with E-state index < -0.39 is 11.7 Å². The van der Waals surface area contributed by atoms with Gasteiger partial charge in [-0.3, -0.25) is 4.68 Å². The maximum absolute atomic E-state index is 12.8. The molecular formula is C11H10BrF3N4. The topological polar surface area (TPSA) is 42.7 Å². The smallest absolute Gasteiger partial charge is 0.368 e. The van der Waals surface area contributed by atoms with Crippen molar-refractivity contribution in [1.82, 2.24) is 14.8 Å². The second-order valence-corrected chi connectivity index (χ2v) is 4.66. The van der Waals surface area contributed by atoms with E-state index >= 15 is 0 Å². The van der Waals surface area contributed by atoms with Crippen molar-refractivity contribution in [2.75, 3.05) is 11.9 Å². The van der Waals surface area contributed by atoms with Crippen molar-refractivity contribution in [3.05, 3.63) is 40.8 Å². The third-order valence-electron chi connectivity index (χ3n) is 2.35. The summed E-state index contributed by atoms with van der Waals surface area (Å²) >= 11 is 2.98. The lowest BCUT2D eigenvalue weighted by atomic mass is 10.2. The zero-order chi connectivity index (χ0) is 13.9. The highest BCUT2D eigenvalue weighted by Gasteiger charge is 2.34. The van der Waals surface area contributed by atoms with E-state index in [0.717, 1.165) is 6.07 Å². The van der Waals surface area contributed by atoms with Crippen molar-refractivity contribution in [3.63, 3.8) is 0 Å². The van der Waals surface area contributed by atoms with Gasteiger partial charge < -0.3 is 5.32 Å². The second-order valence-electron chi connectivity index (χ2n) is 3.74. The minimum absolute atomic E-state index is 0.178. The highest BCUT2D eigenvalue weighted by Crippen LogP contribution is 2.35. The molecule has 0 fully saturated rings. The van der Waals surface area contributed by atoms with E-state index in [1.165, 1.54) is 6.20 Å². The average molecular weight is 335 g/mol. The van der Waals surface area contributed by atoms with Gasteiger partial charge in [-0.1, -0.05) is 0 Å². The zero-order valence-corrected chi connectivity index (χ0v) is 11.2. The molecule has 4 nitrogen and oxygen atoms in total. The molecule has 2 aromatic heterocycles. The predicted molar refractivity (Wildman–Crippen MR) is 67.7 cm³/mol. The van der Waals surface area contributed by atoms with Gasteiger partial charge in [-0.15, -0.1) is 0 Å². The maximum atomic E-state index is 12.8. The number of aromatic nitrogens is 3. The van der Waals surface area contributed by atoms with Gasteiger partial charge in [0.25, 0.3) is 0 Å². The van der Waals surface area contributed by atoms with Crippen LogP contribution in [0.4, 0.5) is 19.0 Å². The Bertz CT molecular complexity index is 539. The van der Waals surface area contributed by atoms with Crippen molar-refractivity contribution in [3.8, 4) is 0 Å². The first-order valence-corrected chi connectivity index (χ1v) is 6.20. The van der Waals surface area contributed by atoms with E-state index in [1.54, 1.807) is 23.1 Å². The Morgan fingerprint density at radius 2 is 2.16 bits per heavy atom. The first kappa shape index (κ1) is 13.9. The lowest BCUT2D eigenvalue weighted by Crippen LogP contribution is -2.16. The summed E-state index contributed by atoms with van der Waals surface area (Å²) in [6, 6.07) is 2.75. The molecule has 102 valence electrons. The van der Waals surface area contributed by atoms with Gasteiger partial charge in [0.05, 0.1) is 12.1 Å². The molecule has 0 spiro atoms. The summed E-state index contributed by atoms with van der Waals surface area (Å²) in [6.45, 7) is 0.765. The molecule has 8 heteroatoms. The third-order valence-corrected chi connectivity index (χ3v) is 2.79. The van der Waals surface area contributed by atoms with Gasteiger partial charge in [-0.2, -0.15) is 18.3 Å². The summed E-state index contributed by atoms with van der Waals surface area (Å²) in [5.41, 5.74) is -0.789. The Balaban J connectivity index is 2.07. The normalized spacial score (nSPS) is 11.6.